The summed E-state index contributed by atoms with van der Waals surface area (Å²) < 4.78 is 5.86. The van der Waals surface area contributed by atoms with Crippen LogP contribution in [0.25, 0.3) is 0 Å². The lowest BCUT2D eigenvalue weighted by molar-refractivity contribution is 0.0991. The maximum atomic E-state index is 12.0. The Hall–Kier alpha value is -1.75. The van der Waals surface area contributed by atoms with Gasteiger partial charge in [0.1, 0.15) is 0 Å². The van der Waals surface area contributed by atoms with Crippen LogP contribution in [0.2, 0.25) is 0 Å². The van der Waals surface area contributed by atoms with Gasteiger partial charge in [-0.25, -0.2) is 0 Å². The van der Waals surface area contributed by atoms with Gasteiger partial charge in [-0.3, -0.25) is 4.79 Å². The van der Waals surface area contributed by atoms with Crippen LogP contribution in [0.15, 0.2) is 40.9 Å². The predicted molar refractivity (Wildman–Crippen MR) is 70.8 cm³/mol. The van der Waals surface area contributed by atoms with Gasteiger partial charge in [-0.2, -0.15) is 5.10 Å². The first-order chi connectivity index (χ1) is 8.69. The fraction of sp³-hybridized carbons (Fsp3) is 0.154. The van der Waals surface area contributed by atoms with E-state index in [4.69, 9.17) is 4.74 Å². The summed E-state index contributed by atoms with van der Waals surface area (Å²) in [6, 6.07) is 10.7. The summed E-state index contributed by atoms with van der Waals surface area (Å²) in [5, 5.41) is 7.75. The Morgan fingerprint density at radius 3 is 2.44 bits per heavy atom. The number of aromatic nitrogens is 2. The molecular formula is C13H11BrN2O2. The van der Waals surface area contributed by atoms with Crippen LogP contribution in [-0.2, 0) is 6.42 Å². The summed E-state index contributed by atoms with van der Waals surface area (Å²) in [7, 11) is 1.52. The Labute approximate surface area is 113 Å². The van der Waals surface area contributed by atoms with E-state index in [9.17, 15) is 4.79 Å². The molecule has 1 heterocycles. The zero-order valence-electron chi connectivity index (χ0n) is 9.76. The van der Waals surface area contributed by atoms with E-state index in [1.54, 1.807) is 24.3 Å². The zero-order valence-corrected chi connectivity index (χ0v) is 11.3. The average molecular weight is 307 g/mol. The van der Waals surface area contributed by atoms with Crippen LogP contribution in [0.4, 0.5) is 0 Å². The minimum atomic E-state index is 0.0157. The number of carbonyl (C=O) groups excluding carboxylic acids is 1. The summed E-state index contributed by atoms with van der Waals surface area (Å²) in [4.78, 5) is 12.0. The standard InChI is InChI=1S/C13H11BrN2O2/c1-18-13-7-6-11(15-16-13)8-12(17)9-2-4-10(14)5-3-9/h2-7H,8H2,1H3. The third-order valence-corrected chi connectivity index (χ3v) is 2.94. The first kappa shape index (κ1) is 12.7. The number of Topliss-reactive ketones (excluding diaryl/α,β-unsaturated/α-hetero) is 1. The van der Waals surface area contributed by atoms with Gasteiger partial charge in [0, 0.05) is 16.1 Å². The predicted octanol–water partition coefficient (Wildman–Crippen LogP) is 2.67. The second-order valence-corrected chi connectivity index (χ2v) is 4.59. The molecule has 0 amide bonds. The minimum Gasteiger partial charge on any atom is -0.480 e. The quantitative estimate of drug-likeness (QED) is 0.815. The van der Waals surface area contributed by atoms with E-state index in [0.717, 1.165) is 4.47 Å². The molecule has 0 saturated heterocycles. The van der Waals surface area contributed by atoms with Crippen molar-refractivity contribution in [3.05, 3.63) is 52.1 Å². The number of ketones is 1. The first-order valence-corrected chi connectivity index (χ1v) is 6.13. The molecule has 2 rings (SSSR count). The molecule has 0 atom stereocenters. The number of ether oxygens (including phenoxy) is 1. The van der Waals surface area contributed by atoms with E-state index < -0.39 is 0 Å². The van der Waals surface area contributed by atoms with Crippen molar-refractivity contribution in [3.63, 3.8) is 0 Å². The van der Waals surface area contributed by atoms with Crippen LogP contribution in [0, 0.1) is 0 Å². The summed E-state index contributed by atoms with van der Waals surface area (Å²) in [5.74, 6) is 0.455. The molecular weight excluding hydrogens is 296 g/mol. The highest BCUT2D eigenvalue weighted by atomic mass is 79.9. The number of methoxy groups -OCH3 is 1. The molecule has 1 aromatic carbocycles. The molecule has 5 heteroatoms. The van der Waals surface area contributed by atoms with Gasteiger partial charge in [-0.15, -0.1) is 5.10 Å². The fourth-order valence-electron chi connectivity index (χ4n) is 1.45. The van der Waals surface area contributed by atoms with Gasteiger partial charge in [0.15, 0.2) is 5.78 Å². The van der Waals surface area contributed by atoms with E-state index >= 15 is 0 Å². The Balaban J connectivity index is 2.08. The molecule has 0 aliphatic rings. The van der Waals surface area contributed by atoms with Gasteiger partial charge < -0.3 is 4.74 Å². The van der Waals surface area contributed by atoms with Crippen LogP contribution >= 0.6 is 15.9 Å². The molecule has 1 aromatic heterocycles. The second-order valence-electron chi connectivity index (χ2n) is 3.67. The van der Waals surface area contributed by atoms with Gasteiger partial charge >= 0.3 is 0 Å². The molecule has 4 nitrogen and oxygen atoms in total. The van der Waals surface area contributed by atoms with E-state index in [2.05, 4.69) is 26.1 Å². The number of nitrogens with zero attached hydrogens (tertiary/aromatic N) is 2. The van der Waals surface area contributed by atoms with Gasteiger partial charge in [0.25, 0.3) is 0 Å². The maximum absolute atomic E-state index is 12.0. The highest BCUT2D eigenvalue weighted by Crippen LogP contribution is 2.13. The zero-order chi connectivity index (χ0) is 13.0. The Bertz CT molecular complexity index is 538. The first-order valence-electron chi connectivity index (χ1n) is 5.34. The lowest BCUT2D eigenvalue weighted by Gasteiger charge is -2.02. The van der Waals surface area contributed by atoms with Crippen molar-refractivity contribution in [2.75, 3.05) is 7.11 Å². The molecule has 0 N–H and O–H groups in total. The maximum Gasteiger partial charge on any atom is 0.233 e. The number of rotatable bonds is 4. The molecule has 0 radical (unpaired) electrons. The Kier molecular flexibility index (Phi) is 4.04. The van der Waals surface area contributed by atoms with Gasteiger partial charge in [0.05, 0.1) is 19.2 Å². The van der Waals surface area contributed by atoms with Crippen LogP contribution in [0.5, 0.6) is 5.88 Å². The number of carbonyl (C=O) groups is 1. The van der Waals surface area contributed by atoms with Crippen LogP contribution < -0.4 is 4.74 Å². The molecule has 18 heavy (non-hydrogen) atoms. The van der Waals surface area contributed by atoms with Crippen LogP contribution in [-0.4, -0.2) is 23.1 Å². The van der Waals surface area contributed by atoms with E-state index in [1.807, 2.05) is 12.1 Å². The number of benzene rings is 1. The van der Waals surface area contributed by atoms with Crippen molar-refractivity contribution in [1.29, 1.82) is 0 Å². The largest absolute Gasteiger partial charge is 0.480 e. The highest BCUT2D eigenvalue weighted by Gasteiger charge is 2.08. The highest BCUT2D eigenvalue weighted by molar-refractivity contribution is 9.10. The van der Waals surface area contributed by atoms with Gasteiger partial charge in [-0.1, -0.05) is 28.1 Å². The molecule has 0 aliphatic carbocycles. The van der Waals surface area contributed by atoms with Crippen molar-refractivity contribution >= 4 is 21.7 Å². The average Bonchev–Trinajstić information content (AvgIpc) is 2.40. The van der Waals surface area contributed by atoms with Gasteiger partial charge in [-0.05, 0) is 18.2 Å². The number of hydrogen-bond donors (Lipinski definition) is 0. The fourth-order valence-corrected chi connectivity index (χ4v) is 1.72. The van der Waals surface area contributed by atoms with Crippen LogP contribution in [0.1, 0.15) is 16.1 Å². The monoisotopic (exact) mass is 306 g/mol. The van der Waals surface area contributed by atoms with Crippen molar-refractivity contribution in [2.24, 2.45) is 0 Å². The summed E-state index contributed by atoms with van der Waals surface area (Å²) in [6.07, 6.45) is 0.235. The topological polar surface area (TPSA) is 52.1 Å². The molecule has 0 fully saturated rings. The Morgan fingerprint density at radius 2 is 1.89 bits per heavy atom. The smallest absolute Gasteiger partial charge is 0.233 e. The SMILES string of the molecule is COc1ccc(CC(=O)c2ccc(Br)cc2)nn1. The van der Waals surface area contributed by atoms with Crippen molar-refractivity contribution in [3.8, 4) is 5.88 Å². The second kappa shape index (κ2) is 5.73. The third kappa shape index (κ3) is 3.13. The number of halogens is 1. The molecule has 0 aliphatic heterocycles. The van der Waals surface area contributed by atoms with E-state index in [-0.39, 0.29) is 12.2 Å². The van der Waals surface area contributed by atoms with Crippen molar-refractivity contribution in [1.82, 2.24) is 10.2 Å². The lowest BCUT2D eigenvalue weighted by atomic mass is 10.1. The van der Waals surface area contributed by atoms with Crippen molar-refractivity contribution < 1.29 is 9.53 Å². The normalized spacial score (nSPS) is 10.1. The number of hydrogen-bond acceptors (Lipinski definition) is 4. The van der Waals surface area contributed by atoms with E-state index in [1.165, 1.54) is 7.11 Å². The molecule has 2 aromatic rings. The lowest BCUT2D eigenvalue weighted by Crippen LogP contribution is -2.06. The Morgan fingerprint density at radius 1 is 1.17 bits per heavy atom. The third-order valence-electron chi connectivity index (χ3n) is 2.41. The van der Waals surface area contributed by atoms with Crippen LogP contribution in [0.3, 0.4) is 0 Å². The summed E-state index contributed by atoms with van der Waals surface area (Å²) in [5.41, 5.74) is 1.29. The molecule has 0 unspecified atom stereocenters. The molecule has 0 spiro atoms. The molecule has 0 saturated carbocycles. The summed E-state index contributed by atoms with van der Waals surface area (Å²) >= 11 is 3.33. The van der Waals surface area contributed by atoms with Gasteiger partial charge in [0.2, 0.25) is 5.88 Å². The molecule has 0 bridgehead atoms. The van der Waals surface area contributed by atoms with E-state index in [0.29, 0.717) is 17.1 Å². The minimum absolute atomic E-state index is 0.0157. The molecule has 92 valence electrons. The summed E-state index contributed by atoms with van der Waals surface area (Å²) in [6.45, 7) is 0. The van der Waals surface area contributed by atoms with Crippen molar-refractivity contribution in [2.45, 2.75) is 6.42 Å².